The summed E-state index contributed by atoms with van der Waals surface area (Å²) in [5.41, 5.74) is 0. The molecule has 3 heteroatoms. The first kappa shape index (κ1) is 12.5. The van der Waals surface area contributed by atoms with Gasteiger partial charge in [0, 0.05) is 0 Å². The molecule has 0 saturated heterocycles. The van der Waals surface area contributed by atoms with E-state index in [1.807, 2.05) is 13.8 Å². The first-order valence-corrected chi connectivity index (χ1v) is 5.87. The Bertz CT molecular complexity index is 210. The maximum atomic E-state index is 8.94. The highest BCUT2D eigenvalue weighted by atomic mass is 16.5. The van der Waals surface area contributed by atoms with Crippen LogP contribution in [-0.2, 0) is 9.47 Å². The van der Waals surface area contributed by atoms with Gasteiger partial charge in [0.05, 0.1) is 37.4 Å². The van der Waals surface area contributed by atoms with Crippen molar-refractivity contribution in [1.29, 1.82) is 5.26 Å². The number of rotatable bonds is 5. The highest BCUT2D eigenvalue weighted by molar-refractivity contribution is 4.91. The second-order valence-electron chi connectivity index (χ2n) is 4.35. The van der Waals surface area contributed by atoms with E-state index in [1.54, 1.807) is 0 Å². The molecule has 0 bridgehead atoms. The fourth-order valence-electron chi connectivity index (χ4n) is 1.93. The van der Waals surface area contributed by atoms with Gasteiger partial charge in [0.15, 0.2) is 0 Å². The number of nitrogens with zero attached hydrogens (tertiary/aromatic N) is 1. The molecular weight excluding hydrogens is 190 g/mol. The molecule has 0 N–H and O–H groups in total. The molecule has 1 saturated carbocycles. The van der Waals surface area contributed by atoms with Gasteiger partial charge >= 0.3 is 0 Å². The van der Waals surface area contributed by atoms with E-state index in [1.165, 1.54) is 12.8 Å². The number of hydrogen-bond acceptors (Lipinski definition) is 3. The lowest BCUT2D eigenvalue weighted by Gasteiger charge is -2.26. The Kier molecular flexibility index (Phi) is 5.67. The van der Waals surface area contributed by atoms with E-state index in [-0.39, 0.29) is 18.1 Å². The van der Waals surface area contributed by atoms with Crippen molar-refractivity contribution >= 4 is 0 Å². The third kappa shape index (κ3) is 4.63. The average Bonchev–Trinajstić information content (AvgIpc) is 2.24. The summed E-state index contributed by atoms with van der Waals surface area (Å²) < 4.78 is 11.1. The molecule has 1 aliphatic rings. The molecule has 2 atom stereocenters. The molecule has 0 aliphatic heterocycles. The summed E-state index contributed by atoms with van der Waals surface area (Å²) >= 11 is 0. The largest absolute Gasteiger partial charge is 0.376 e. The fraction of sp³-hybridized carbons (Fsp3) is 0.917. The van der Waals surface area contributed by atoms with Crippen LogP contribution in [0.2, 0.25) is 0 Å². The van der Waals surface area contributed by atoms with Gasteiger partial charge in [-0.15, -0.1) is 0 Å². The number of nitriles is 1. The van der Waals surface area contributed by atoms with Crippen LogP contribution in [-0.4, -0.2) is 25.4 Å². The summed E-state index contributed by atoms with van der Waals surface area (Å²) in [4.78, 5) is 0. The minimum atomic E-state index is 0.0952. The molecule has 0 radical (unpaired) electrons. The van der Waals surface area contributed by atoms with Crippen molar-refractivity contribution in [3.05, 3.63) is 0 Å². The molecule has 0 aromatic heterocycles. The predicted octanol–water partition coefficient (Wildman–Crippen LogP) is 2.51. The van der Waals surface area contributed by atoms with Crippen molar-refractivity contribution in [3.63, 3.8) is 0 Å². The predicted molar refractivity (Wildman–Crippen MR) is 58.4 cm³/mol. The molecule has 15 heavy (non-hydrogen) atoms. The first-order chi connectivity index (χ1) is 7.24. The third-order valence-corrected chi connectivity index (χ3v) is 2.73. The topological polar surface area (TPSA) is 42.2 Å². The van der Waals surface area contributed by atoms with Crippen molar-refractivity contribution in [3.8, 4) is 6.07 Å². The van der Waals surface area contributed by atoms with Crippen LogP contribution in [0.1, 0.15) is 39.5 Å². The quantitative estimate of drug-likeness (QED) is 0.656. The molecule has 0 aromatic rings. The molecule has 2 unspecified atom stereocenters. The minimum absolute atomic E-state index is 0.0952. The summed E-state index contributed by atoms with van der Waals surface area (Å²) in [5.74, 6) is 0.0952. The van der Waals surface area contributed by atoms with E-state index in [9.17, 15) is 0 Å². The Morgan fingerprint density at radius 1 is 1.27 bits per heavy atom. The maximum Gasteiger partial charge on any atom is 0.0734 e. The lowest BCUT2D eigenvalue weighted by molar-refractivity contribution is -0.0367. The summed E-state index contributed by atoms with van der Waals surface area (Å²) in [6.07, 6.45) is 4.77. The van der Waals surface area contributed by atoms with Gasteiger partial charge in [-0.2, -0.15) is 5.26 Å². The van der Waals surface area contributed by atoms with E-state index >= 15 is 0 Å². The lowest BCUT2D eigenvalue weighted by atomic mass is 9.87. The van der Waals surface area contributed by atoms with Gasteiger partial charge in [-0.05, 0) is 26.7 Å². The zero-order valence-corrected chi connectivity index (χ0v) is 9.74. The van der Waals surface area contributed by atoms with Crippen LogP contribution >= 0.6 is 0 Å². The average molecular weight is 211 g/mol. The van der Waals surface area contributed by atoms with Gasteiger partial charge in [0.2, 0.25) is 0 Å². The van der Waals surface area contributed by atoms with E-state index in [0.717, 1.165) is 12.8 Å². The van der Waals surface area contributed by atoms with Crippen LogP contribution in [0, 0.1) is 17.2 Å². The Hall–Kier alpha value is -0.590. The van der Waals surface area contributed by atoms with Crippen molar-refractivity contribution in [2.24, 2.45) is 5.92 Å². The van der Waals surface area contributed by atoms with Gasteiger partial charge in [-0.1, -0.05) is 12.8 Å². The summed E-state index contributed by atoms with van der Waals surface area (Å²) in [5, 5.41) is 8.94. The SMILES string of the molecule is CC(C)OCCOC1CCCCC1C#N. The molecule has 0 aromatic carbocycles. The molecular formula is C12H21NO2. The Morgan fingerprint density at radius 2 is 2.00 bits per heavy atom. The lowest BCUT2D eigenvalue weighted by Crippen LogP contribution is -2.28. The summed E-state index contributed by atoms with van der Waals surface area (Å²) in [6.45, 7) is 5.27. The van der Waals surface area contributed by atoms with E-state index in [2.05, 4.69) is 6.07 Å². The standard InChI is InChI=1S/C12H21NO2/c1-10(2)14-7-8-15-12-6-4-3-5-11(12)9-13/h10-12H,3-8H2,1-2H3. The Labute approximate surface area is 92.4 Å². The van der Waals surface area contributed by atoms with Crippen LogP contribution in [0.5, 0.6) is 0 Å². The van der Waals surface area contributed by atoms with Gasteiger partial charge in [0.25, 0.3) is 0 Å². The fourth-order valence-corrected chi connectivity index (χ4v) is 1.93. The van der Waals surface area contributed by atoms with Crippen LogP contribution in [0.25, 0.3) is 0 Å². The molecule has 1 fully saturated rings. The van der Waals surface area contributed by atoms with Crippen LogP contribution in [0.4, 0.5) is 0 Å². The second-order valence-corrected chi connectivity index (χ2v) is 4.35. The van der Waals surface area contributed by atoms with Gasteiger partial charge < -0.3 is 9.47 Å². The molecule has 0 spiro atoms. The maximum absolute atomic E-state index is 8.94. The van der Waals surface area contributed by atoms with Crippen LogP contribution in [0.15, 0.2) is 0 Å². The molecule has 1 rings (SSSR count). The van der Waals surface area contributed by atoms with Gasteiger partial charge in [-0.25, -0.2) is 0 Å². The van der Waals surface area contributed by atoms with Crippen molar-refractivity contribution in [2.45, 2.75) is 51.7 Å². The smallest absolute Gasteiger partial charge is 0.0734 e. The highest BCUT2D eigenvalue weighted by Crippen LogP contribution is 2.26. The zero-order valence-electron chi connectivity index (χ0n) is 9.74. The monoisotopic (exact) mass is 211 g/mol. The molecule has 0 amide bonds. The normalized spacial score (nSPS) is 26.5. The summed E-state index contributed by atoms with van der Waals surface area (Å²) in [6, 6.07) is 2.34. The molecule has 0 heterocycles. The van der Waals surface area contributed by atoms with E-state index < -0.39 is 0 Å². The zero-order chi connectivity index (χ0) is 11.1. The number of hydrogen-bond donors (Lipinski definition) is 0. The van der Waals surface area contributed by atoms with E-state index in [0.29, 0.717) is 13.2 Å². The Balaban J connectivity index is 2.16. The third-order valence-electron chi connectivity index (χ3n) is 2.73. The Morgan fingerprint density at radius 3 is 2.67 bits per heavy atom. The first-order valence-electron chi connectivity index (χ1n) is 5.87. The molecule has 86 valence electrons. The van der Waals surface area contributed by atoms with Crippen molar-refractivity contribution in [1.82, 2.24) is 0 Å². The molecule has 1 aliphatic carbocycles. The van der Waals surface area contributed by atoms with Crippen LogP contribution in [0.3, 0.4) is 0 Å². The van der Waals surface area contributed by atoms with Gasteiger partial charge in [0.1, 0.15) is 0 Å². The minimum Gasteiger partial charge on any atom is -0.376 e. The van der Waals surface area contributed by atoms with Crippen LogP contribution < -0.4 is 0 Å². The second kappa shape index (κ2) is 6.81. The van der Waals surface area contributed by atoms with E-state index in [4.69, 9.17) is 14.7 Å². The molecule has 3 nitrogen and oxygen atoms in total. The van der Waals surface area contributed by atoms with Crippen molar-refractivity contribution < 1.29 is 9.47 Å². The van der Waals surface area contributed by atoms with Crippen molar-refractivity contribution in [2.75, 3.05) is 13.2 Å². The van der Waals surface area contributed by atoms with Gasteiger partial charge in [-0.3, -0.25) is 0 Å². The number of ether oxygens (including phenoxy) is 2. The summed E-state index contributed by atoms with van der Waals surface area (Å²) in [7, 11) is 0. The highest BCUT2D eigenvalue weighted by Gasteiger charge is 2.25.